The van der Waals surface area contributed by atoms with Crippen molar-refractivity contribution in [1.29, 1.82) is 0 Å². The molecule has 0 spiro atoms. The van der Waals surface area contributed by atoms with Gasteiger partial charge >= 0.3 is 0 Å². The summed E-state index contributed by atoms with van der Waals surface area (Å²) in [6, 6.07) is 10.6. The minimum atomic E-state index is 0.830. The van der Waals surface area contributed by atoms with Crippen molar-refractivity contribution in [2.24, 2.45) is 0 Å². The summed E-state index contributed by atoms with van der Waals surface area (Å²) in [5.41, 5.74) is 3.35. The molecule has 0 aliphatic rings. The highest BCUT2D eigenvalue weighted by atomic mass is 32.2. The van der Waals surface area contributed by atoms with Crippen LogP contribution < -0.4 is 4.72 Å². The number of rotatable bonds is 4. The van der Waals surface area contributed by atoms with Crippen molar-refractivity contribution in [3.05, 3.63) is 54.1 Å². The van der Waals surface area contributed by atoms with Gasteiger partial charge in [0, 0.05) is 17.6 Å². The van der Waals surface area contributed by atoms with Crippen LogP contribution in [0.2, 0.25) is 0 Å². The molecular weight excluding hydrogens is 268 g/mol. The fourth-order valence-corrected chi connectivity index (χ4v) is 2.77. The standard InChI is InChI=1S/C15H16N4S/c1-11-18-14-9-17-8-7-15(14)19(11)10-12-3-5-13(6-4-12)20-16-2/h3-9,16H,10H2,1-2H3. The summed E-state index contributed by atoms with van der Waals surface area (Å²) >= 11 is 1.62. The molecule has 0 amide bonds. The maximum atomic E-state index is 4.54. The molecule has 2 heterocycles. The topological polar surface area (TPSA) is 42.7 Å². The zero-order chi connectivity index (χ0) is 13.9. The molecule has 3 aromatic rings. The molecule has 0 radical (unpaired) electrons. The number of nitrogens with zero attached hydrogens (tertiary/aromatic N) is 3. The lowest BCUT2D eigenvalue weighted by atomic mass is 10.2. The highest BCUT2D eigenvalue weighted by molar-refractivity contribution is 7.97. The van der Waals surface area contributed by atoms with E-state index >= 15 is 0 Å². The molecule has 1 N–H and O–H groups in total. The minimum Gasteiger partial charge on any atom is -0.324 e. The number of aryl methyl sites for hydroxylation is 1. The molecule has 5 heteroatoms. The Morgan fingerprint density at radius 3 is 2.75 bits per heavy atom. The van der Waals surface area contributed by atoms with Crippen LogP contribution in [0.3, 0.4) is 0 Å². The average molecular weight is 284 g/mol. The minimum absolute atomic E-state index is 0.830. The number of benzene rings is 1. The maximum absolute atomic E-state index is 4.54. The zero-order valence-electron chi connectivity index (χ0n) is 11.5. The van der Waals surface area contributed by atoms with Gasteiger partial charge in [-0.1, -0.05) is 12.1 Å². The lowest BCUT2D eigenvalue weighted by molar-refractivity contribution is 0.785. The average Bonchev–Trinajstić information content (AvgIpc) is 2.78. The first kappa shape index (κ1) is 13.1. The van der Waals surface area contributed by atoms with Crippen LogP contribution in [0.15, 0.2) is 47.6 Å². The van der Waals surface area contributed by atoms with Crippen molar-refractivity contribution >= 4 is 23.0 Å². The first-order chi connectivity index (χ1) is 9.78. The summed E-state index contributed by atoms with van der Waals surface area (Å²) in [6.07, 6.45) is 3.62. The van der Waals surface area contributed by atoms with E-state index in [4.69, 9.17) is 0 Å². The molecule has 0 saturated carbocycles. The number of hydrogen-bond donors (Lipinski definition) is 1. The lowest BCUT2D eigenvalue weighted by Gasteiger charge is -2.08. The molecule has 3 rings (SSSR count). The highest BCUT2D eigenvalue weighted by Crippen LogP contribution is 2.19. The van der Waals surface area contributed by atoms with Gasteiger partial charge in [0.05, 0.1) is 11.7 Å². The molecular formula is C15H16N4S. The van der Waals surface area contributed by atoms with Gasteiger partial charge < -0.3 is 4.57 Å². The van der Waals surface area contributed by atoms with Crippen LogP contribution in [0.1, 0.15) is 11.4 Å². The van der Waals surface area contributed by atoms with Gasteiger partial charge in [-0.25, -0.2) is 4.98 Å². The largest absolute Gasteiger partial charge is 0.324 e. The second-order valence-electron chi connectivity index (χ2n) is 4.56. The summed E-state index contributed by atoms with van der Waals surface area (Å²) < 4.78 is 5.30. The molecule has 0 unspecified atom stereocenters. The van der Waals surface area contributed by atoms with E-state index < -0.39 is 0 Å². The van der Waals surface area contributed by atoms with Gasteiger partial charge in [-0.3, -0.25) is 9.71 Å². The van der Waals surface area contributed by atoms with Gasteiger partial charge in [-0.05, 0) is 49.7 Å². The third-order valence-corrected chi connectivity index (χ3v) is 3.94. The predicted octanol–water partition coefficient (Wildman–Crippen LogP) is 3.01. The molecule has 1 aromatic carbocycles. The molecule has 0 aliphatic carbocycles. The summed E-state index contributed by atoms with van der Waals surface area (Å²) in [5.74, 6) is 1.02. The summed E-state index contributed by atoms with van der Waals surface area (Å²) in [7, 11) is 1.92. The van der Waals surface area contributed by atoms with Crippen LogP contribution in [0.4, 0.5) is 0 Å². The van der Waals surface area contributed by atoms with Crippen molar-refractivity contribution in [2.75, 3.05) is 7.05 Å². The molecule has 4 nitrogen and oxygen atoms in total. The van der Waals surface area contributed by atoms with E-state index in [0.29, 0.717) is 0 Å². The Balaban J connectivity index is 1.91. The van der Waals surface area contributed by atoms with E-state index in [1.54, 1.807) is 11.9 Å². The molecule has 102 valence electrons. The van der Waals surface area contributed by atoms with Gasteiger partial charge in [0.25, 0.3) is 0 Å². The Bertz CT molecular complexity index is 718. The fraction of sp³-hybridized carbons (Fsp3) is 0.200. The van der Waals surface area contributed by atoms with Crippen LogP contribution >= 0.6 is 11.9 Å². The normalized spacial score (nSPS) is 11.1. The highest BCUT2D eigenvalue weighted by Gasteiger charge is 2.07. The van der Waals surface area contributed by atoms with Gasteiger partial charge in [-0.2, -0.15) is 0 Å². The quantitative estimate of drug-likeness (QED) is 0.748. The van der Waals surface area contributed by atoms with Crippen molar-refractivity contribution in [1.82, 2.24) is 19.3 Å². The third kappa shape index (κ3) is 2.55. The monoisotopic (exact) mass is 284 g/mol. The summed E-state index contributed by atoms with van der Waals surface area (Å²) in [5, 5.41) is 0. The Hall–Kier alpha value is -1.85. The SMILES string of the molecule is CNSc1ccc(Cn2c(C)nc3cnccc32)cc1. The third-order valence-electron chi connectivity index (χ3n) is 3.23. The maximum Gasteiger partial charge on any atom is 0.107 e. The summed E-state index contributed by atoms with van der Waals surface area (Å²) in [6.45, 7) is 2.86. The van der Waals surface area contributed by atoms with Gasteiger partial charge in [-0.15, -0.1) is 0 Å². The van der Waals surface area contributed by atoms with Crippen molar-refractivity contribution in [3.8, 4) is 0 Å². The lowest BCUT2D eigenvalue weighted by Crippen LogP contribution is -2.02. The van der Waals surface area contributed by atoms with Crippen LogP contribution in [0.25, 0.3) is 11.0 Å². The van der Waals surface area contributed by atoms with Crippen LogP contribution in [-0.2, 0) is 6.54 Å². The molecule has 0 bridgehead atoms. The van der Waals surface area contributed by atoms with Crippen LogP contribution in [0, 0.1) is 6.92 Å². The Morgan fingerprint density at radius 2 is 2.00 bits per heavy atom. The molecule has 2 aromatic heterocycles. The summed E-state index contributed by atoms with van der Waals surface area (Å²) in [4.78, 5) is 9.88. The number of aromatic nitrogens is 3. The van der Waals surface area contributed by atoms with Gasteiger partial charge in [0.1, 0.15) is 11.3 Å². The van der Waals surface area contributed by atoms with E-state index in [9.17, 15) is 0 Å². The van der Waals surface area contributed by atoms with E-state index in [2.05, 4.69) is 43.5 Å². The Morgan fingerprint density at radius 1 is 1.20 bits per heavy atom. The first-order valence-corrected chi connectivity index (χ1v) is 7.29. The number of imidazole rings is 1. The van der Waals surface area contributed by atoms with Crippen molar-refractivity contribution < 1.29 is 0 Å². The smallest absolute Gasteiger partial charge is 0.107 e. The number of nitrogens with one attached hydrogen (secondary N) is 1. The number of pyridine rings is 1. The Labute approximate surface area is 122 Å². The second kappa shape index (κ2) is 5.64. The van der Waals surface area contributed by atoms with Crippen LogP contribution in [-0.4, -0.2) is 21.6 Å². The molecule has 0 saturated heterocycles. The van der Waals surface area contributed by atoms with Crippen molar-refractivity contribution in [3.63, 3.8) is 0 Å². The predicted molar refractivity (Wildman–Crippen MR) is 82.7 cm³/mol. The van der Waals surface area contributed by atoms with Crippen LogP contribution in [0.5, 0.6) is 0 Å². The van der Waals surface area contributed by atoms with Gasteiger partial charge in [0.15, 0.2) is 0 Å². The number of hydrogen-bond acceptors (Lipinski definition) is 4. The Kier molecular flexibility index (Phi) is 3.71. The molecule has 0 aliphatic heterocycles. The second-order valence-corrected chi connectivity index (χ2v) is 5.64. The van der Waals surface area contributed by atoms with E-state index in [0.717, 1.165) is 23.4 Å². The molecule has 0 fully saturated rings. The van der Waals surface area contributed by atoms with Gasteiger partial charge in [0.2, 0.25) is 0 Å². The number of fused-ring (bicyclic) bond motifs is 1. The molecule has 0 atom stereocenters. The molecule has 20 heavy (non-hydrogen) atoms. The first-order valence-electron chi connectivity index (χ1n) is 6.47. The fourth-order valence-electron chi connectivity index (χ4n) is 2.27. The van der Waals surface area contributed by atoms with E-state index in [1.807, 2.05) is 32.4 Å². The van der Waals surface area contributed by atoms with E-state index in [-0.39, 0.29) is 0 Å². The van der Waals surface area contributed by atoms with E-state index in [1.165, 1.54) is 10.5 Å². The van der Waals surface area contributed by atoms with Crippen molar-refractivity contribution in [2.45, 2.75) is 18.4 Å². The zero-order valence-corrected chi connectivity index (χ0v) is 12.3.